The second-order valence-corrected chi connectivity index (χ2v) is 6.92. The van der Waals surface area contributed by atoms with Gasteiger partial charge in [0.15, 0.2) is 0 Å². The highest BCUT2D eigenvalue weighted by molar-refractivity contribution is 8.00. The zero-order chi connectivity index (χ0) is 14.5. The Morgan fingerprint density at radius 3 is 2.52 bits per heavy atom. The van der Waals surface area contributed by atoms with Gasteiger partial charge in [0.2, 0.25) is 0 Å². The summed E-state index contributed by atoms with van der Waals surface area (Å²) < 4.78 is 0. The smallest absolute Gasteiger partial charge is 0.0481 e. The van der Waals surface area contributed by atoms with Gasteiger partial charge in [-0.05, 0) is 36.6 Å². The molecule has 0 radical (unpaired) electrons. The molecule has 0 atom stereocenters. The highest BCUT2D eigenvalue weighted by Gasteiger charge is 2.17. The van der Waals surface area contributed by atoms with Crippen molar-refractivity contribution in [3.8, 4) is 0 Å². The monoisotopic (exact) mass is 298 g/mol. The highest BCUT2D eigenvalue weighted by atomic mass is 32.2. The standard InChI is InChI=1S/C18H22N2S/c19-16-10-4-1-7-14(16)13-20-17-11-5-6-12-18(17)21-15-8-2-3-9-15/h1,4-7,10-12,15,20H,2-3,8-9,13,19H2. The Hall–Kier alpha value is -1.61. The summed E-state index contributed by atoms with van der Waals surface area (Å²) in [4.78, 5) is 1.36. The molecular weight excluding hydrogens is 276 g/mol. The van der Waals surface area contributed by atoms with Crippen LogP contribution in [0.15, 0.2) is 53.4 Å². The van der Waals surface area contributed by atoms with Crippen molar-refractivity contribution in [1.29, 1.82) is 0 Å². The van der Waals surface area contributed by atoms with Crippen molar-refractivity contribution in [1.82, 2.24) is 0 Å². The molecule has 21 heavy (non-hydrogen) atoms. The first-order chi connectivity index (χ1) is 10.3. The number of hydrogen-bond donors (Lipinski definition) is 2. The van der Waals surface area contributed by atoms with Crippen LogP contribution in [0.1, 0.15) is 31.2 Å². The largest absolute Gasteiger partial charge is 0.398 e. The fourth-order valence-corrected chi connectivity index (χ4v) is 4.14. The van der Waals surface area contributed by atoms with Crippen LogP contribution < -0.4 is 11.1 Å². The summed E-state index contributed by atoms with van der Waals surface area (Å²) in [6.07, 6.45) is 5.47. The summed E-state index contributed by atoms with van der Waals surface area (Å²) in [6, 6.07) is 16.6. The van der Waals surface area contributed by atoms with Gasteiger partial charge in [-0.15, -0.1) is 11.8 Å². The zero-order valence-corrected chi connectivity index (χ0v) is 13.0. The zero-order valence-electron chi connectivity index (χ0n) is 12.2. The van der Waals surface area contributed by atoms with E-state index >= 15 is 0 Å². The number of para-hydroxylation sites is 2. The van der Waals surface area contributed by atoms with Crippen LogP contribution in [0.4, 0.5) is 11.4 Å². The van der Waals surface area contributed by atoms with E-state index in [0.717, 1.165) is 23.0 Å². The van der Waals surface area contributed by atoms with Crippen LogP contribution in [-0.2, 0) is 6.54 Å². The highest BCUT2D eigenvalue weighted by Crippen LogP contribution is 2.38. The number of nitrogen functional groups attached to an aromatic ring is 1. The summed E-state index contributed by atoms with van der Waals surface area (Å²) in [5.74, 6) is 0. The summed E-state index contributed by atoms with van der Waals surface area (Å²) in [5, 5.41) is 4.33. The molecule has 2 aromatic rings. The number of thioether (sulfide) groups is 1. The first-order valence-corrected chi connectivity index (χ1v) is 8.54. The first kappa shape index (κ1) is 14.3. The molecule has 0 bridgehead atoms. The lowest BCUT2D eigenvalue weighted by molar-refractivity contribution is 0.886. The van der Waals surface area contributed by atoms with Crippen LogP contribution >= 0.6 is 11.8 Å². The maximum Gasteiger partial charge on any atom is 0.0481 e. The first-order valence-electron chi connectivity index (χ1n) is 7.66. The predicted molar refractivity (Wildman–Crippen MR) is 92.7 cm³/mol. The Bertz CT molecular complexity index is 591. The van der Waals surface area contributed by atoms with Gasteiger partial charge in [0.05, 0.1) is 0 Å². The van der Waals surface area contributed by atoms with Gasteiger partial charge in [0.25, 0.3) is 0 Å². The van der Waals surface area contributed by atoms with Crippen molar-refractivity contribution < 1.29 is 0 Å². The SMILES string of the molecule is Nc1ccccc1CNc1ccccc1SC1CCCC1. The molecule has 2 aromatic carbocycles. The molecule has 2 nitrogen and oxygen atoms in total. The number of nitrogens with one attached hydrogen (secondary N) is 1. The topological polar surface area (TPSA) is 38.0 Å². The van der Waals surface area contributed by atoms with Crippen LogP contribution in [0, 0.1) is 0 Å². The predicted octanol–water partition coefficient (Wildman–Crippen LogP) is 4.92. The Morgan fingerprint density at radius 1 is 1.00 bits per heavy atom. The fraction of sp³-hybridized carbons (Fsp3) is 0.333. The maximum absolute atomic E-state index is 6.01. The minimum absolute atomic E-state index is 0.773. The average molecular weight is 298 g/mol. The average Bonchev–Trinajstić information content (AvgIpc) is 3.01. The second-order valence-electron chi connectivity index (χ2n) is 5.57. The van der Waals surface area contributed by atoms with Crippen LogP contribution in [0.5, 0.6) is 0 Å². The molecule has 3 rings (SSSR count). The van der Waals surface area contributed by atoms with Gasteiger partial charge in [-0.25, -0.2) is 0 Å². The van der Waals surface area contributed by atoms with Crippen LogP contribution in [0.25, 0.3) is 0 Å². The molecular formula is C18H22N2S. The van der Waals surface area contributed by atoms with Crippen molar-refractivity contribution in [3.63, 3.8) is 0 Å². The van der Waals surface area contributed by atoms with E-state index in [1.54, 1.807) is 0 Å². The molecule has 0 unspecified atom stereocenters. The normalized spacial score (nSPS) is 15.2. The lowest BCUT2D eigenvalue weighted by atomic mass is 10.2. The van der Waals surface area contributed by atoms with Gasteiger partial charge in [-0.2, -0.15) is 0 Å². The van der Waals surface area contributed by atoms with Crippen molar-refractivity contribution in [2.45, 2.75) is 42.4 Å². The Balaban J connectivity index is 1.68. The lowest BCUT2D eigenvalue weighted by Crippen LogP contribution is -2.04. The Morgan fingerprint density at radius 2 is 1.71 bits per heavy atom. The van der Waals surface area contributed by atoms with E-state index in [2.05, 4.69) is 35.6 Å². The van der Waals surface area contributed by atoms with Crippen molar-refractivity contribution in [2.24, 2.45) is 0 Å². The second kappa shape index (κ2) is 6.90. The number of anilines is 2. The number of benzene rings is 2. The Kier molecular flexibility index (Phi) is 4.71. The van der Waals surface area contributed by atoms with Gasteiger partial charge >= 0.3 is 0 Å². The summed E-state index contributed by atoms with van der Waals surface area (Å²) in [5.41, 5.74) is 9.23. The van der Waals surface area contributed by atoms with Crippen molar-refractivity contribution >= 4 is 23.1 Å². The molecule has 3 heteroatoms. The molecule has 1 fully saturated rings. The third-order valence-electron chi connectivity index (χ3n) is 4.01. The van der Waals surface area contributed by atoms with E-state index < -0.39 is 0 Å². The number of nitrogens with two attached hydrogens (primary N) is 1. The minimum Gasteiger partial charge on any atom is -0.398 e. The van der Waals surface area contributed by atoms with Crippen molar-refractivity contribution in [2.75, 3.05) is 11.1 Å². The van der Waals surface area contributed by atoms with E-state index in [9.17, 15) is 0 Å². The van der Waals surface area contributed by atoms with E-state index in [0.29, 0.717) is 0 Å². The minimum atomic E-state index is 0.773. The van der Waals surface area contributed by atoms with Gasteiger partial charge in [0.1, 0.15) is 0 Å². The molecule has 0 aromatic heterocycles. The third-order valence-corrected chi connectivity index (χ3v) is 5.42. The third kappa shape index (κ3) is 3.73. The maximum atomic E-state index is 6.01. The summed E-state index contributed by atoms with van der Waals surface area (Å²) in [7, 11) is 0. The number of hydrogen-bond acceptors (Lipinski definition) is 3. The van der Waals surface area contributed by atoms with E-state index in [1.807, 2.05) is 30.0 Å². The lowest BCUT2D eigenvalue weighted by Gasteiger charge is -2.15. The van der Waals surface area contributed by atoms with Gasteiger partial charge in [0, 0.05) is 28.1 Å². The molecule has 0 saturated heterocycles. The molecule has 0 spiro atoms. The molecule has 3 N–H and O–H groups in total. The van der Waals surface area contributed by atoms with E-state index in [4.69, 9.17) is 5.73 Å². The van der Waals surface area contributed by atoms with Crippen LogP contribution in [0.2, 0.25) is 0 Å². The van der Waals surface area contributed by atoms with Crippen molar-refractivity contribution in [3.05, 3.63) is 54.1 Å². The molecule has 1 saturated carbocycles. The fourth-order valence-electron chi connectivity index (χ4n) is 2.79. The molecule has 0 amide bonds. The molecule has 0 heterocycles. The molecule has 110 valence electrons. The molecule has 1 aliphatic carbocycles. The van der Waals surface area contributed by atoms with Crippen LogP contribution in [0.3, 0.4) is 0 Å². The van der Waals surface area contributed by atoms with Gasteiger partial charge in [-0.3, -0.25) is 0 Å². The van der Waals surface area contributed by atoms with Crippen LogP contribution in [-0.4, -0.2) is 5.25 Å². The number of rotatable bonds is 5. The van der Waals surface area contributed by atoms with E-state index in [1.165, 1.54) is 36.3 Å². The van der Waals surface area contributed by atoms with Gasteiger partial charge in [-0.1, -0.05) is 43.2 Å². The summed E-state index contributed by atoms with van der Waals surface area (Å²) >= 11 is 2.02. The Labute approximate surface area is 131 Å². The van der Waals surface area contributed by atoms with E-state index in [-0.39, 0.29) is 0 Å². The molecule has 0 aliphatic heterocycles. The summed E-state index contributed by atoms with van der Waals surface area (Å²) in [6.45, 7) is 0.773. The quantitative estimate of drug-likeness (QED) is 0.770. The van der Waals surface area contributed by atoms with Gasteiger partial charge < -0.3 is 11.1 Å². The molecule has 1 aliphatic rings.